The summed E-state index contributed by atoms with van der Waals surface area (Å²) in [5, 5.41) is 3.41. The van der Waals surface area contributed by atoms with Gasteiger partial charge in [-0.2, -0.15) is 0 Å². The molecule has 17 heavy (non-hydrogen) atoms. The average molecular weight is 243 g/mol. The molecule has 0 bridgehead atoms. The van der Waals surface area contributed by atoms with E-state index in [9.17, 15) is 0 Å². The number of rotatable bonds is 5. The Kier molecular flexibility index (Phi) is 6.41. The number of hydrogen-bond acceptors (Lipinski definition) is 4. The molecule has 102 valence electrons. The molecule has 0 aromatic carbocycles. The van der Waals surface area contributed by atoms with Gasteiger partial charge >= 0.3 is 0 Å². The van der Waals surface area contributed by atoms with E-state index in [1.54, 1.807) is 0 Å². The van der Waals surface area contributed by atoms with E-state index in [0.717, 1.165) is 13.2 Å². The molecule has 1 N–H and O–H groups in total. The Balaban J connectivity index is 2.56. The first kappa shape index (κ1) is 14.9. The molecule has 0 aromatic heterocycles. The first-order valence-electron chi connectivity index (χ1n) is 6.72. The van der Waals surface area contributed by atoms with Crippen LogP contribution in [0.1, 0.15) is 20.3 Å². The van der Waals surface area contributed by atoms with E-state index in [-0.39, 0.29) is 0 Å². The summed E-state index contributed by atoms with van der Waals surface area (Å²) in [5.74, 6) is 0. The molecule has 1 fully saturated rings. The van der Waals surface area contributed by atoms with Crippen molar-refractivity contribution in [3.63, 3.8) is 0 Å². The summed E-state index contributed by atoms with van der Waals surface area (Å²) in [4.78, 5) is 4.89. The second kappa shape index (κ2) is 7.31. The molecule has 4 heteroatoms. The molecule has 0 aliphatic carbocycles. The van der Waals surface area contributed by atoms with Crippen LogP contribution in [0, 0.1) is 0 Å². The molecule has 1 rings (SSSR count). The SMILES string of the molecule is CNC(COC(C)C)C1CN(C)CCCN1C. The highest BCUT2D eigenvalue weighted by Gasteiger charge is 2.27. The average Bonchev–Trinajstić information content (AvgIpc) is 2.42. The van der Waals surface area contributed by atoms with E-state index in [1.807, 2.05) is 7.05 Å². The Bertz CT molecular complexity index is 211. The van der Waals surface area contributed by atoms with Crippen molar-refractivity contribution < 1.29 is 4.74 Å². The van der Waals surface area contributed by atoms with Crippen LogP contribution in [-0.4, -0.2) is 75.4 Å². The van der Waals surface area contributed by atoms with Crippen molar-refractivity contribution in [3.05, 3.63) is 0 Å². The molecule has 1 saturated heterocycles. The third kappa shape index (κ3) is 4.92. The molecule has 0 aromatic rings. The van der Waals surface area contributed by atoms with Crippen LogP contribution in [0.5, 0.6) is 0 Å². The van der Waals surface area contributed by atoms with Crippen LogP contribution >= 0.6 is 0 Å². The number of nitrogens with zero attached hydrogens (tertiary/aromatic N) is 2. The largest absolute Gasteiger partial charge is 0.377 e. The van der Waals surface area contributed by atoms with Gasteiger partial charge in [0.2, 0.25) is 0 Å². The van der Waals surface area contributed by atoms with Crippen LogP contribution in [0.3, 0.4) is 0 Å². The van der Waals surface area contributed by atoms with Crippen LogP contribution < -0.4 is 5.32 Å². The van der Waals surface area contributed by atoms with E-state index in [2.05, 4.69) is 43.1 Å². The summed E-state index contributed by atoms with van der Waals surface area (Å²) in [6.07, 6.45) is 1.56. The number of nitrogens with one attached hydrogen (secondary N) is 1. The third-order valence-electron chi connectivity index (χ3n) is 3.56. The Labute approximate surface area is 106 Å². The van der Waals surface area contributed by atoms with Crippen LogP contribution in [0.25, 0.3) is 0 Å². The third-order valence-corrected chi connectivity index (χ3v) is 3.56. The molecule has 0 radical (unpaired) electrons. The highest BCUT2D eigenvalue weighted by molar-refractivity contribution is 4.86. The fourth-order valence-corrected chi connectivity index (χ4v) is 2.42. The maximum atomic E-state index is 5.76. The zero-order valence-corrected chi connectivity index (χ0v) is 12.1. The Morgan fingerprint density at radius 1 is 1.29 bits per heavy atom. The normalized spacial score (nSPS) is 26.1. The zero-order chi connectivity index (χ0) is 12.8. The minimum Gasteiger partial charge on any atom is -0.377 e. The highest BCUT2D eigenvalue weighted by Crippen LogP contribution is 2.11. The zero-order valence-electron chi connectivity index (χ0n) is 12.1. The van der Waals surface area contributed by atoms with Crippen molar-refractivity contribution in [2.45, 2.75) is 38.5 Å². The smallest absolute Gasteiger partial charge is 0.0638 e. The predicted molar refractivity (Wildman–Crippen MR) is 72.5 cm³/mol. The maximum Gasteiger partial charge on any atom is 0.0638 e. The van der Waals surface area contributed by atoms with E-state index < -0.39 is 0 Å². The number of ether oxygens (including phenoxy) is 1. The van der Waals surface area contributed by atoms with Crippen molar-refractivity contribution >= 4 is 0 Å². The predicted octanol–water partition coefficient (Wildman–Crippen LogP) is 0.635. The summed E-state index contributed by atoms with van der Waals surface area (Å²) in [7, 11) is 6.47. The molecule has 2 atom stereocenters. The van der Waals surface area contributed by atoms with Crippen LogP contribution in [0.15, 0.2) is 0 Å². The van der Waals surface area contributed by atoms with Gasteiger partial charge < -0.3 is 19.9 Å². The van der Waals surface area contributed by atoms with Crippen LogP contribution in [0.4, 0.5) is 0 Å². The van der Waals surface area contributed by atoms with E-state index in [1.165, 1.54) is 19.5 Å². The molecule has 4 nitrogen and oxygen atoms in total. The van der Waals surface area contributed by atoms with Crippen molar-refractivity contribution in [1.29, 1.82) is 0 Å². The number of likely N-dealkylation sites (N-methyl/N-ethyl adjacent to an activating group) is 3. The lowest BCUT2D eigenvalue weighted by atomic mass is 10.1. The van der Waals surface area contributed by atoms with E-state index in [0.29, 0.717) is 18.2 Å². The van der Waals surface area contributed by atoms with Gasteiger partial charge in [-0.3, -0.25) is 0 Å². The van der Waals surface area contributed by atoms with Crippen molar-refractivity contribution in [2.24, 2.45) is 0 Å². The first-order chi connectivity index (χ1) is 8.04. The summed E-state index contributed by atoms with van der Waals surface area (Å²) in [6, 6.07) is 0.939. The summed E-state index contributed by atoms with van der Waals surface area (Å²) < 4.78 is 5.76. The second-order valence-corrected chi connectivity index (χ2v) is 5.44. The molecular formula is C13H29N3O. The van der Waals surface area contributed by atoms with Gasteiger partial charge in [0.15, 0.2) is 0 Å². The van der Waals surface area contributed by atoms with Crippen molar-refractivity contribution in [3.8, 4) is 0 Å². The van der Waals surface area contributed by atoms with Crippen molar-refractivity contribution in [1.82, 2.24) is 15.1 Å². The van der Waals surface area contributed by atoms with Gasteiger partial charge in [-0.05, 0) is 54.5 Å². The monoisotopic (exact) mass is 243 g/mol. The highest BCUT2D eigenvalue weighted by atomic mass is 16.5. The maximum absolute atomic E-state index is 5.76. The molecular weight excluding hydrogens is 214 g/mol. The van der Waals surface area contributed by atoms with E-state index in [4.69, 9.17) is 4.74 Å². The fourth-order valence-electron chi connectivity index (χ4n) is 2.42. The summed E-state index contributed by atoms with van der Waals surface area (Å²) in [6.45, 7) is 8.46. The van der Waals surface area contributed by atoms with Gasteiger partial charge in [0, 0.05) is 18.6 Å². The summed E-state index contributed by atoms with van der Waals surface area (Å²) in [5.41, 5.74) is 0. The van der Waals surface area contributed by atoms with Crippen molar-refractivity contribution in [2.75, 3.05) is 47.4 Å². The second-order valence-electron chi connectivity index (χ2n) is 5.44. The standard InChI is InChI=1S/C13H29N3O/c1-11(2)17-10-12(14-3)13-9-15(4)7-6-8-16(13)5/h11-14H,6-10H2,1-5H3. The molecule has 2 unspecified atom stereocenters. The van der Waals surface area contributed by atoms with Gasteiger partial charge in [0.05, 0.1) is 12.7 Å². The quantitative estimate of drug-likeness (QED) is 0.767. The Morgan fingerprint density at radius 3 is 2.59 bits per heavy atom. The van der Waals surface area contributed by atoms with Gasteiger partial charge in [-0.25, -0.2) is 0 Å². The lowest BCUT2D eigenvalue weighted by Crippen LogP contribution is -2.53. The lowest BCUT2D eigenvalue weighted by Gasteiger charge is -2.34. The molecule has 0 saturated carbocycles. The Hall–Kier alpha value is -0.160. The molecule has 0 amide bonds. The molecule has 1 aliphatic rings. The van der Waals surface area contributed by atoms with Gasteiger partial charge in [-0.15, -0.1) is 0 Å². The first-order valence-corrected chi connectivity index (χ1v) is 6.72. The number of hydrogen-bond donors (Lipinski definition) is 1. The lowest BCUT2D eigenvalue weighted by molar-refractivity contribution is 0.0379. The van der Waals surface area contributed by atoms with Gasteiger partial charge in [0.25, 0.3) is 0 Å². The molecule has 1 heterocycles. The van der Waals surface area contributed by atoms with Gasteiger partial charge in [-0.1, -0.05) is 0 Å². The minimum atomic E-state index is 0.305. The van der Waals surface area contributed by atoms with Crippen LogP contribution in [-0.2, 0) is 4.74 Å². The molecule has 1 aliphatic heterocycles. The Morgan fingerprint density at radius 2 is 2.00 bits per heavy atom. The van der Waals surface area contributed by atoms with Gasteiger partial charge in [0.1, 0.15) is 0 Å². The summed E-state index contributed by atoms with van der Waals surface area (Å²) >= 11 is 0. The topological polar surface area (TPSA) is 27.7 Å². The van der Waals surface area contributed by atoms with E-state index >= 15 is 0 Å². The fraction of sp³-hybridized carbons (Fsp3) is 1.00. The minimum absolute atomic E-state index is 0.305. The van der Waals surface area contributed by atoms with Crippen LogP contribution in [0.2, 0.25) is 0 Å². The molecule has 0 spiro atoms.